The molecule has 84 valence electrons. The van der Waals surface area contributed by atoms with Crippen molar-refractivity contribution in [2.24, 2.45) is 0 Å². The summed E-state index contributed by atoms with van der Waals surface area (Å²) < 4.78 is 28.0. The first-order valence-corrected chi connectivity index (χ1v) is 5.91. The molecule has 5 heteroatoms. The lowest BCUT2D eigenvalue weighted by atomic mass is 10.2. The molecule has 0 aliphatic heterocycles. The van der Waals surface area contributed by atoms with Gasteiger partial charge >= 0.3 is 10.3 Å². The molecule has 15 heavy (non-hydrogen) atoms. The van der Waals surface area contributed by atoms with E-state index in [1.165, 1.54) is 0 Å². The highest BCUT2D eigenvalue weighted by atomic mass is 32.2. The zero-order valence-electron chi connectivity index (χ0n) is 9.39. The average molecular weight is 230 g/mol. The number of aryl methyl sites for hydroxylation is 1. The molecule has 0 aliphatic rings. The molecular weight excluding hydrogens is 214 g/mol. The van der Waals surface area contributed by atoms with E-state index in [1.54, 1.807) is 45.4 Å². The van der Waals surface area contributed by atoms with Crippen LogP contribution in [-0.4, -0.2) is 33.4 Å². The molecule has 0 atom stereocenters. The van der Waals surface area contributed by atoms with Crippen molar-refractivity contribution in [1.82, 2.24) is 0 Å². The van der Waals surface area contributed by atoms with Gasteiger partial charge in [0.05, 0.1) is 21.1 Å². The quantitative estimate of drug-likeness (QED) is 0.736. The predicted octanol–water partition coefficient (Wildman–Crippen LogP) is 1.32. The van der Waals surface area contributed by atoms with Crippen LogP contribution in [0.15, 0.2) is 24.3 Å². The van der Waals surface area contributed by atoms with Crippen molar-refractivity contribution in [3.05, 3.63) is 29.8 Å². The van der Waals surface area contributed by atoms with Gasteiger partial charge in [0.25, 0.3) is 0 Å². The summed E-state index contributed by atoms with van der Waals surface area (Å²) in [5.41, 5.74) is 1.06. The number of benzene rings is 1. The van der Waals surface area contributed by atoms with Crippen LogP contribution in [-0.2, 0) is 10.3 Å². The monoisotopic (exact) mass is 230 g/mol. The number of quaternary nitrogens is 1. The third-order valence-corrected chi connectivity index (χ3v) is 3.64. The second-order valence-corrected chi connectivity index (χ2v) is 6.33. The van der Waals surface area contributed by atoms with Gasteiger partial charge in [0.2, 0.25) is 0 Å². The second-order valence-electron chi connectivity index (χ2n) is 4.21. The Morgan fingerprint density at radius 3 is 1.93 bits per heavy atom. The van der Waals surface area contributed by atoms with Crippen molar-refractivity contribution in [1.29, 1.82) is 0 Å². The normalized spacial score (nSPS) is 12.5. The van der Waals surface area contributed by atoms with E-state index in [0.717, 1.165) is 5.56 Å². The Morgan fingerprint density at radius 1 is 1.07 bits per heavy atom. The van der Waals surface area contributed by atoms with Crippen LogP contribution < -0.4 is 4.18 Å². The van der Waals surface area contributed by atoms with Gasteiger partial charge in [0, 0.05) is 0 Å². The summed E-state index contributed by atoms with van der Waals surface area (Å²) in [5, 5.41) is 0. The molecule has 0 unspecified atom stereocenters. The van der Waals surface area contributed by atoms with Gasteiger partial charge in [-0.1, -0.05) is 17.7 Å². The molecule has 0 saturated heterocycles. The van der Waals surface area contributed by atoms with Crippen LogP contribution in [0, 0.1) is 6.92 Å². The summed E-state index contributed by atoms with van der Waals surface area (Å²) in [5.74, 6) is 0.341. The van der Waals surface area contributed by atoms with E-state index >= 15 is 0 Å². The molecule has 0 spiro atoms. The topological polar surface area (TPSA) is 43.4 Å². The molecule has 1 aromatic carbocycles. The number of hydrogen-bond acceptors (Lipinski definition) is 3. The van der Waals surface area contributed by atoms with Crippen LogP contribution in [0.5, 0.6) is 5.75 Å². The molecule has 0 bridgehead atoms. The molecule has 0 aliphatic carbocycles. The Bertz CT molecular complexity index is 429. The van der Waals surface area contributed by atoms with Gasteiger partial charge in [-0.25, -0.2) is 0 Å². The van der Waals surface area contributed by atoms with Crippen molar-refractivity contribution in [2.75, 3.05) is 21.1 Å². The van der Waals surface area contributed by atoms with Gasteiger partial charge in [-0.15, -0.1) is 8.42 Å². The van der Waals surface area contributed by atoms with Gasteiger partial charge in [-0.2, -0.15) is 3.89 Å². The zero-order chi connectivity index (χ0) is 11.7. The first-order valence-electron chi connectivity index (χ1n) is 4.55. The molecule has 0 radical (unpaired) electrons. The van der Waals surface area contributed by atoms with Crippen LogP contribution in [0.25, 0.3) is 0 Å². The van der Waals surface area contributed by atoms with Crippen LogP contribution in [0.3, 0.4) is 0 Å². The maximum atomic E-state index is 11.7. The fourth-order valence-electron chi connectivity index (χ4n) is 0.827. The van der Waals surface area contributed by atoms with Crippen molar-refractivity contribution in [3.63, 3.8) is 0 Å². The Kier molecular flexibility index (Phi) is 3.06. The predicted molar refractivity (Wildman–Crippen MR) is 58.8 cm³/mol. The highest BCUT2D eigenvalue weighted by molar-refractivity contribution is 7.81. The second kappa shape index (κ2) is 3.83. The Labute approximate surface area is 90.9 Å². The first kappa shape index (κ1) is 12.0. The summed E-state index contributed by atoms with van der Waals surface area (Å²) in [6.07, 6.45) is 0. The van der Waals surface area contributed by atoms with Crippen LogP contribution >= 0.6 is 0 Å². The summed E-state index contributed by atoms with van der Waals surface area (Å²) in [6.45, 7) is 1.93. The molecule has 4 nitrogen and oxygen atoms in total. The van der Waals surface area contributed by atoms with E-state index in [-0.39, 0.29) is 3.89 Å². The standard InChI is InChI=1S/C10H16NO3S/c1-9-5-7-10(8-6-9)14-15(12,13)11(2,3)4/h5-8H,1-4H3/q+1. The highest BCUT2D eigenvalue weighted by Gasteiger charge is 2.30. The molecule has 1 aromatic rings. The minimum absolute atomic E-state index is 0.263. The minimum Gasteiger partial charge on any atom is -0.341 e. The fraction of sp³-hybridized carbons (Fsp3) is 0.400. The molecule has 0 fully saturated rings. The van der Waals surface area contributed by atoms with Gasteiger partial charge in [-0.3, -0.25) is 0 Å². The lowest BCUT2D eigenvalue weighted by Gasteiger charge is -2.21. The largest absolute Gasteiger partial charge is 0.484 e. The number of hydrogen-bond donors (Lipinski definition) is 0. The lowest BCUT2D eigenvalue weighted by Crippen LogP contribution is -2.43. The molecule has 0 amide bonds. The molecule has 0 N–H and O–H groups in total. The minimum atomic E-state index is -3.63. The fourth-order valence-corrected chi connectivity index (χ4v) is 1.41. The summed E-state index contributed by atoms with van der Waals surface area (Å²) >= 11 is 0. The van der Waals surface area contributed by atoms with E-state index in [2.05, 4.69) is 0 Å². The van der Waals surface area contributed by atoms with Crippen molar-refractivity contribution >= 4 is 10.3 Å². The van der Waals surface area contributed by atoms with Crippen LogP contribution in [0.1, 0.15) is 5.56 Å². The lowest BCUT2D eigenvalue weighted by molar-refractivity contribution is -0.743. The van der Waals surface area contributed by atoms with Gasteiger partial charge in [0.1, 0.15) is 5.75 Å². The number of rotatable bonds is 3. The third-order valence-electron chi connectivity index (χ3n) is 1.89. The van der Waals surface area contributed by atoms with Crippen molar-refractivity contribution < 1.29 is 16.5 Å². The Balaban J connectivity index is 2.93. The third kappa shape index (κ3) is 2.94. The summed E-state index contributed by atoms with van der Waals surface area (Å²) in [4.78, 5) is 0. The zero-order valence-corrected chi connectivity index (χ0v) is 10.2. The van der Waals surface area contributed by atoms with Gasteiger partial charge in [-0.05, 0) is 19.1 Å². The maximum Gasteiger partial charge on any atom is 0.484 e. The van der Waals surface area contributed by atoms with Crippen LogP contribution in [0.4, 0.5) is 0 Å². The molecule has 1 rings (SSSR count). The molecule has 0 aromatic heterocycles. The van der Waals surface area contributed by atoms with E-state index in [0.29, 0.717) is 5.75 Å². The maximum absolute atomic E-state index is 11.7. The number of nitrogens with zero attached hydrogens (tertiary/aromatic N) is 1. The van der Waals surface area contributed by atoms with Crippen molar-refractivity contribution in [3.8, 4) is 5.75 Å². The molecule has 0 heterocycles. The Hall–Kier alpha value is -1.07. The SMILES string of the molecule is Cc1ccc(OS(=O)(=O)[N+](C)(C)C)cc1. The highest BCUT2D eigenvalue weighted by Crippen LogP contribution is 2.16. The molecule has 0 saturated carbocycles. The van der Waals surface area contributed by atoms with Crippen LogP contribution in [0.2, 0.25) is 0 Å². The summed E-state index contributed by atoms with van der Waals surface area (Å²) in [7, 11) is 1.01. The Morgan fingerprint density at radius 2 is 1.53 bits per heavy atom. The smallest absolute Gasteiger partial charge is 0.341 e. The van der Waals surface area contributed by atoms with E-state index in [9.17, 15) is 8.42 Å². The average Bonchev–Trinajstić information content (AvgIpc) is 2.06. The van der Waals surface area contributed by atoms with E-state index in [1.807, 2.05) is 6.92 Å². The van der Waals surface area contributed by atoms with E-state index in [4.69, 9.17) is 4.18 Å². The molecular formula is C10H16NO3S+. The van der Waals surface area contributed by atoms with Gasteiger partial charge in [0.15, 0.2) is 0 Å². The van der Waals surface area contributed by atoms with E-state index < -0.39 is 10.3 Å². The van der Waals surface area contributed by atoms with Gasteiger partial charge < -0.3 is 4.18 Å². The van der Waals surface area contributed by atoms with Crippen molar-refractivity contribution in [2.45, 2.75) is 6.92 Å². The summed E-state index contributed by atoms with van der Waals surface area (Å²) in [6, 6.07) is 6.89. The first-order chi connectivity index (χ1) is 6.72.